The van der Waals surface area contributed by atoms with E-state index in [2.05, 4.69) is 59.4 Å². The lowest BCUT2D eigenvalue weighted by atomic mass is 9.80. The van der Waals surface area contributed by atoms with E-state index in [0.29, 0.717) is 40.9 Å². The summed E-state index contributed by atoms with van der Waals surface area (Å²) in [5, 5.41) is 25.5. The Hall–Kier alpha value is -3.21. The monoisotopic (exact) mass is 407 g/mol. The summed E-state index contributed by atoms with van der Waals surface area (Å²) in [5.74, 6) is 0.587. The Bertz CT molecular complexity index is 1060. The molecule has 0 spiro atoms. The van der Waals surface area contributed by atoms with Crippen molar-refractivity contribution in [1.82, 2.24) is 9.78 Å². The first-order valence-corrected chi connectivity index (χ1v) is 10.2. The number of nitrogens with one attached hydrogen (secondary N) is 1. The second kappa shape index (κ2) is 7.90. The molecule has 1 aliphatic rings. The number of amides is 1. The van der Waals surface area contributed by atoms with Gasteiger partial charge in [-0.1, -0.05) is 6.92 Å². The number of fused-ring (bicyclic) bond motifs is 1. The number of hydrogen-bond acceptors (Lipinski definition) is 6. The topological polar surface area (TPSA) is 98.7 Å². The maximum absolute atomic E-state index is 11.8. The van der Waals surface area contributed by atoms with E-state index in [1.165, 1.54) is 12.5 Å². The molecule has 2 aromatic rings. The lowest BCUT2D eigenvalue weighted by molar-refractivity contribution is -0.114. The van der Waals surface area contributed by atoms with Crippen molar-refractivity contribution in [2.45, 2.75) is 66.0 Å². The molecule has 0 fully saturated rings. The van der Waals surface area contributed by atoms with Crippen LogP contribution in [0.15, 0.2) is 22.4 Å². The number of aromatic nitrogens is 2. The summed E-state index contributed by atoms with van der Waals surface area (Å²) in [6.07, 6.45) is 1.01. The molecule has 2 heterocycles. The van der Waals surface area contributed by atoms with Crippen molar-refractivity contribution in [2.24, 2.45) is 10.2 Å². The van der Waals surface area contributed by atoms with Crippen LogP contribution in [-0.2, 0) is 11.3 Å². The molecular weight excluding hydrogens is 378 g/mol. The molecule has 0 saturated heterocycles. The zero-order valence-electron chi connectivity index (χ0n) is 18.7. The lowest BCUT2D eigenvalue weighted by Crippen LogP contribution is -2.45. The Morgan fingerprint density at radius 3 is 2.70 bits per heavy atom. The van der Waals surface area contributed by atoms with Gasteiger partial charge in [-0.2, -0.15) is 10.4 Å². The summed E-state index contributed by atoms with van der Waals surface area (Å²) in [7, 11) is 2.07. The van der Waals surface area contributed by atoms with E-state index in [1.807, 2.05) is 19.1 Å². The van der Waals surface area contributed by atoms with E-state index in [0.717, 1.165) is 12.1 Å². The molecule has 0 radical (unpaired) electrons. The van der Waals surface area contributed by atoms with Gasteiger partial charge in [-0.3, -0.25) is 4.79 Å². The van der Waals surface area contributed by atoms with Gasteiger partial charge in [0, 0.05) is 31.7 Å². The highest BCUT2D eigenvalue weighted by molar-refractivity contribution is 5.93. The number of azo groups is 1. The Morgan fingerprint density at radius 1 is 1.40 bits per heavy atom. The smallest absolute Gasteiger partial charge is 0.221 e. The highest BCUT2D eigenvalue weighted by atomic mass is 16.1. The Balaban J connectivity index is 2.14. The van der Waals surface area contributed by atoms with Crippen LogP contribution in [0.25, 0.3) is 0 Å². The molecule has 3 rings (SSSR count). The van der Waals surface area contributed by atoms with Gasteiger partial charge in [0.25, 0.3) is 0 Å². The van der Waals surface area contributed by atoms with E-state index in [1.54, 1.807) is 11.6 Å². The second-order valence-electron chi connectivity index (χ2n) is 8.50. The van der Waals surface area contributed by atoms with Crippen LogP contribution in [0.3, 0.4) is 0 Å². The minimum Gasteiger partial charge on any atom is -0.369 e. The molecule has 1 amide bonds. The molecule has 0 saturated carbocycles. The van der Waals surface area contributed by atoms with Crippen LogP contribution in [0.4, 0.5) is 22.9 Å². The van der Waals surface area contributed by atoms with Crippen LogP contribution in [0.1, 0.15) is 63.8 Å². The maximum atomic E-state index is 11.8. The van der Waals surface area contributed by atoms with Crippen LogP contribution in [0, 0.1) is 18.3 Å². The molecular formula is C22H29N7O. The third-order valence-electron chi connectivity index (χ3n) is 5.83. The fraction of sp³-hybridized carbons (Fsp3) is 0.500. The van der Waals surface area contributed by atoms with Gasteiger partial charge in [-0.05, 0) is 57.7 Å². The molecule has 30 heavy (non-hydrogen) atoms. The Morgan fingerprint density at radius 2 is 2.10 bits per heavy atom. The summed E-state index contributed by atoms with van der Waals surface area (Å²) in [4.78, 5) is 14.1. The van der Waals surface area contributed by atoms with Crippen LogP contribution in [0.5, 0.6) is 0 Å². The minimum absolute atomic E-state index is 0.00972. The first-order chi connectivity index (χ1) is 14.1. The van der Waals surface area contributed by atoms with Gasteiger partial charge >= 0.3 is 0 Å². The summed E-state index contributed by atoms with van der Waals surface area (Å²) < 4.78 is 1.66. The number of aryl methyl sites for hydroxylation is 2. The van der Waals surface area contributed by atoms with E-state index < -0.39 is 0 Å². The van der Waals surface area contributed by atoms with Gasteiger partial charge in [0.2, 0.25) is 5.91 Å². The number of carbonyl (C=O) groups is 1. The zero-order chi connectivity index (χ0) is 22.2. The van der Waals surface area contributed by atoms with E-state index in [4.69, 9.17) is 0 Å². The van der Waals surface area contributed by atoms with Crippen LogP contribution in [-0.4, -0.2) is 28.3 Å². The van der Waals surface area contributed by atoms with Crippen molar-refractivity contribution >= 4 is 28.8 Å². The number of nitriles is 1. The molecule has 1 unspecified atom stereocenters. The molecule has 158 valence electrons. The molecule has 1 aromatic carbocycles. The predicted molar refractivity (Wildman–Crippen MR) is 118 cm³/mol. The normalized spacial score (nSPS) is 17.7. The standard InChI is InChI=1S/C22H29N7O/c1-8-29-21(17(12-23)14(3)27-29)26-25-19-9-16-13(2)11-22(5,6)28(7)20(16)10-18(19)24-15(4)30/h9-10,13H,8,11H2,1-7H3,(H,24,30). The average molecular weight is 408 g/mol. The second-order valence-corrected chi connectivity index (χ2v) is 8.50. The van der Waals surface area contributed by atoms with Crippen molar-refractivity contribution in [1.29, 1.82) is 5.26 Å². The molecule has 8 heteroatoms. The van der Waals surface area contributed by atoms with Crippen LogP contribution >= 0.6 is 0 Å². The molecule has 1 aromatic heterocycles. The highest BCUT2D eigenvalue weighted by Gasteiger charge is 2.35. The summed E-state index contributed by atoms with van der Waals surface area (Å²) >= 11 is 0. The summed E-state index contributed by atoms with van der Waals surface area (Å²) in [5.41, 5.74) is 4.45. The van der Waals surface area contributed by atoms with E-state index in [-0.39, 0.29) is 11.4 Å². The SMILES string of the molecule is CCn1nc(C)c(C#N)c1N=Nc1cc2c(cc1NC(C)=O)N(C)C(C)(C)CC2C. The first kappa shape index (κ1) is 21.5. The predicted octanol–water partition coefficient (Wildman–Crippen LogP) is 5.18. The number of rotatable bonds is 4. The highest BCUT2D eigenvalue weighted by Crippen LogP contribution is 2.46. The van der Waals surface area contributed by atoms with Crippen molar-refractivity contribution in [2.75, 3.05) is 17.3 Å². The van der Waals surface area contributed by atoms with Gasteiger partial charge in [0.15, 0.2) is 5.82 Å². The molecule has 1 aliphatic heterocycles. The number of anilines is 2. The Kier molecular flexibility index (Phi) is 5.66. The third-order valence-corrected chi connectivity index (χ3v) is 5.83. The van der Waals surface area contributed by atoms with Crippen molar-refractivity contribution in [3.05, 3.63) is 29.0 Å². The lowest BCUT2D eigenvalue weighted by Gasteiger charge is -2.45. The summed E-state index contributed by atoms with van der Waals surface area (Å²) in [6, 6.07) is 6.12. The minimum atomic E-state index is -0.177. The van der Waals surface area contributed by atoms with E-state index >= 15 is 0 Å². The number of nitrogens with zero attached hydrogens (tertiary/aromatic N) is 6. The van der Waals surface area contributed by atoms with Gasteiger partial charge in [0.05, 0.1) is 11.4 Å². The molecule has 0 aliphatic carbocycles. The molecule has 1 atom stereocenters. The van der Waals surface area contributed by atoms with Crippen molar-refractivity contribution in [3.63, 3.8) is 0 Å². The number of hydrogen-bond donors (Lipinski definition) is 1. The third kappa shape index (κ3) is 3.80. The maximum Gasteiger partial charge on any atom is 0.221 e. The Labute approximate surface area is 177 Å². The van der Waals surface area contributed by atoms with Gasteiger partial charge in [-0.25, -0.2) is 4.68 Å². The van der Waals surface area contributed by atoms with Crippen LogP contribution < -0.4 is 10.2 Å². The van der Waals surface area contributed by atoms with Crippen molar-refractivity contribution < 1.29 is 4.79 Å². The largest absolute Gasteiger partial charge is 0.369 e. The average Bonchev–Trinajstić information content (AvgIpc) is 2.98. The fourth-order valence-corrected chi connectivity index (χ4v) is 4.10. The molecule has 8 nitrogen and oxygen atoms in total. The van der Waals surface area contributed by atoms with Gasteiger partial charge < -0.3 is 10.2 Å². The number of carbonyl (C=O) groups excluding carboxylic acids is 1. The van der Waals surface area contributed by atoms with Gasteiger partial charge in [0.1, 0.15) is 17.3 Å². The number of benzene rings is 1. The zero-order valence-corrected chi connectivity index (χ0v) is 18.7. The van der Waals surface area contributed by atoms with Gasteiger partial charge in [-0.15, -0.1) is 10.2 Å². The van der Waals surface area contributed by atoms with E-state index in [9.17, 15) is 10.1 Å². The molecule has 0 bridgehead atoms. The van der Waals surface area contributed by atoms with Crippen molar-refractivity contribution in [3.8, 4) is 6.07 Å². The first-order valence-electron chi connectivity index (χ1n) is 10.2. The van der Waals surface area contributed by atoms with Crippen LogP contribution in [0.2, 0.25) is 0 Å². The fourth-order valence-electron chi connectivity index (χ4n) is 4.10. The quantitative estimate of drug-likeness (QED) is 0.706. The molecule has 1 N–H and O–H groups in total. The summed E-state index contributed by atoms with van der Waals surface area (Å²) in [6.45, 7) is 12.4.